The van der Waals surface area contributed by atoms with Crippen LogP contribution in [0.15, 0.2) is 30.6 Å². The maximum Gasteiger partial charge on any atom is 0.130 e. The standard InChI is InChI=1S/C14H18FN3/c1-3-16-12(9-13-17-7-8-18-13)11-6-4-5-10(2)14(11)15/h4-8,12,16H,3,9H2,1-2H3,(H,17,18). The highest BCUT2D eigenvalue weighted by Gasteiger charge is 2.17. The van der Waals surface area contributed by atoms with E-state index in [1.807, 2.05) is 19.1 Å². The van der Waals surface area contributed by atoms with Crippen LogP contribution in [0.1, 0.15) is 29.9 Å². The Morgan fingerprint density at radius 3 is 2.94 bits per heavy atom. The molecule has 0 saturated heterocycles. The Kier molecular flexibility index (Phi) is 4.10. The average Bonchev–Trinajstić information content (AvgIpc) is 2.85. The van der Waals surface area contributed by atoms with Crippen LogP contribution < -0.4 is 5.32 Å². The van der Waals surface area contributed by atoms with Crippen molar-refractivity contribution in [2.45, 2.75) is 26.3 Å². The van der Waals surface area contributed by atoms with Gasteiger partial charge in [0.25, 0.3) is 0 Å². The monoisotopic (exact) mass is 247 g/mol. The summed E-state index contributed by atoms with van der Waals surface area (Å²) in [4.78, 5) is 7.25. The Morgan fingerprint density at radius 1 is 1.44 bits per heavy atom. The van der Waals surface area contributed by atoms with E-state index in [0.29, 0.717) is 17.5 Å². The number of rotatable bonds is 5. The summed E-state index contributed by atoms with van der Waals surface area (Å²) in [6, 6.07) is 5.45. The molecular weight excluding hydrogens is 229 g/mol. The van der Waals surface area contributed by atoms with E-state index in [0.717, 1.165) is 12.4 Å². The van der Waals surface area contributed by atoms with E-state index >= 15 is 0 Å². The number of nitrogens with zero attached hydrogens (tertiary/aromatic N) is 1. The molecule has 0 radical (unpaired) electrons. The zero-order chi connectivity index (χ0) is 13.0. The van der Waals surface area contributed by atoms with Crippen LogP contribution in [0.5, 0.6) is 0 Å². The molecule has 2 aromatic rings. The van der Waals surface area contributed by atoms with Gasteiger partial charge in [0.15, 0.2) is 0 Å². The third-order valence-corrected chi connectivity index (χ3v) is 3.00. The first-order valence-corrected chi connectivity index (χ1v) is 6.19. The Bertz CT molecular complexity index is 494. The lowest BCUT2D eigenvalue weighted by atomic mass is 10.0. The second-order valence-electron chi connectivity index (χ2n) is 4.33. The zero-order valence-corrected chi connectivity index (χ0v) is 10.7. The van der Waals surface area contributed by atoms with Crippen molar-refractivity contribution in [2.24, 2.45) is 0 Å². The number of hydrogen-bond acceptors (Lipinski definition) is 2. The van der Waals surface area contributed by atoms with Gasteiger partial charge in [-0.1, -0.05) is 25.1 Å². The van der Waals surface area contributed by atoms with Crippen molar-refractivity contribution in [3.8, 4) is 0 Å². The number of aromatic amines is 1. The Hall–Kier alpha value is -1.68. The van der Waals surface area contributed by atoms with Crippen LogP contribution in [0.2, 0.25) is 0 Å². The summed E-state index contributed by atoms with van der Waals surface area (Å²) in [7, 11) is 0. The summed E-state index contributed by atoms with van der Waals surface area (Å²) >= 11 is 0. The number of halogens is 1. The molecule has 0 bridgehead atoms. The molecule has 3 nitrogen and oxygen atoms in total. The molecular formula is C14H18FN3. The van der Waals surface area contributed by atoms with Gasteiger partial charge in [0.1, 0.15) is 11.6 Å². The third kappa shape index (κ3) is 2.76. The highest BCUT2D eigenvalue weighted by atomic mass is 19.1. The van der Waals surface area contributed by atoms with Gasteiger partial charge in [0.2, 0.25) is 0 Å². The molecule has 0 aliphatic carbocycles. The molecule has 1 aromatic heterocycles. The number of likely N-dealkylation sites (N-methyl/N-ethyl adjacent to an activating group) is 1. The molecule has 0 aliphatic heterocycles. The molecule has 0 amide bonds. The van der Waals surface area contributed by atoms with Gasteiger partial charge >= 0.3 is 0 Å². The molecule has 0 saturated carbocycles. The molecule has 0 aliphatic rings. The summed E-state index contributed by atoms with van der Waals surface area (Å²) in [5.41, 5.74) is 1.38. The molecule has 0 spiro atoms. The quantitative estimate of drug-likeness (QED) is 0.853. The highest BCUT2D eigenvalue weighted by Crippen LogP contribution is 2.22. The number of nitrogens with one attached hydrogen (secondary N) is 2. The lowest BCUT2D eigenvalue weighted by Crippen LogP contribution is -2.24. The number of hydrogen-bond donors (Lipinski definition) is 2. The average molecular weight is 247 g/mol. The van der Waals surface area contributed by atoms with Gasteiger partial charge in [-0.25, -0.2) is 9.37 Å². The van der Waals surface area contributed by atoms with Gasteiger partial charge in [0.05, 0.1) is 0 Å². The number of aryl methyl sites for hydroxylation is 1. The lowest BCUT2D eigenvalue weighted by molar-refractivity contribution is 0.500. The number of benzene rings is 1. The normalized spacial score (nSPS) is 12.6. The first-order valence-electron chi connectivity index (χ1n) is 6.19. The van der Waals surface area contributed by atoms with E-state index in [-0.39, 0.29) is 11.9 Å². The summed E-state index contributed by atoms with van der Waals surface area (Å²) < 4.78 is 14.1. The second-order valence-corrected chi connectivity index (χ2v) is 4.33. The van der Waals surface area contributed by atoms with E-state index in [9.17, 15) is 4.39 Å². The van der Waals surface area contributed by atoms with Crippen molar-refractivity contribution in [3.05, 3.63) is 53.4 Å². The first-order chi connectivity index (χ1) is 8.72. The molecule has 1 aromatic carbocycles. The fraction of sp³-hybridized carbons (Fsp3) is 0.357. The Balaban J connectivity index is 2.26. The van der Waals surface area contributed by atoms with Crippen molar-refractivity contribution >= 4 is 0 Å². The maximum absolute atomic E-state index is 14.1. The van der Waals surface area contributed by atoms with Gasteiger partial charge in [-0.3, -0.25) is 0 Å². The van der Waals surface area contributed by atoms with Crippen LogP contribution in [0.3, 0.4) is 0 Å². The van der Waals surface area contributed by atoms with Crippen LogP contribution in [-0.4, -0.2) is 16.5 Å². The SMILES string of the molecule is CCNC(Cc1ncc[nH]1)c1cccc(C)c1F. The number of H-pyrrole nitrogens is 1. The number of aromatic nitrogens is 2. The van der Waals surface area contributed by atoms with Gasteiger partial charge in [-0.15, -0.1) is 0 Å². The van der Waals surface area contributed by atoms with Gasteiger partial charge in [-0.2, -0.15) is 0 Å². The molecule has 0 fully saturated rings. The number of imidazole rings is 1. The molecule has 4 heteroatoms. The molecule has 18 heavy (non-hydrogen) atoms. The Labute approximate surface area is 106 Å². The molecule has 96 valence electrons. The smallest absolute Gasteiger partial charge is 0.130 e. The summed E-state index contributed by atoms with van der Waals surface area (Å²) in [6.45, 7) is 4.59. The zero-order valence-electron chi connectivity index (χ0n) is 10.7. The van der Waals surface area contributed by atoms with Crippen molar-refractivity contribution in [1.82, 2.24) is 15.3 Å². The van der Waals surface area contributed by atoms with Crippen LogP contribution in [0, 0.1) is 12.7 Å². The molecule has 1 unspecified atom stereocenters. The topological polar surface area (TPSA) is 40.7 Å². The van der Waals surface area contributed by atoms with Crippen LogP contribution >= 0.6 is 0 Å². The third-order valence-electron chi connectivity index (χ3n) is 3.00. The lowest BCUT2D eigenvalue weighted by Gasteiger charge is -2.18. The van der Waals surface area contributed by atoms with E-state index in [2.05, 4.69) is 15.3 Å². The minimum absolute atomic E-state index is 0.0546. The van der Waals surface area contributed by atoms with Gasteiger partial charge < -0.3 is 10.3 Å². The van der Waals surface area contributed by atoms with Crippen molar-refractivity contribution in [2.75, 3.05) is 6.54 Å². The van der Waals surface area contributed by atoms with Gasteiger partial charge in [0, 0.05) is 30.4 Å². The molecule has 1 atom stereocenters. The second kappa shape index (κ2) is 5.78. The first kappa shape index (κ1) is 12.8. The summed E-state index contributed by atoms with van der Waals surface area (Å²) in [5, 5.41) is 3.31. The van der Waals surface area contributed by atoms with E-state index in [4.69, 9.17) is 0 Å². The molecule has 1 heterocycles. The molecule has 2 N–H and O–H groups in total. The minimum atomic E-state index is -0.130. The van der Waals surface area contributed by atoms with Crippen molar-refractivity contribution in [3.63, 3.8) is 0 Å². The van der Waals surface area contributed by atoms with E-state index < -0.39 is 0 Å². The fourth-order valence-electron chi connectivity index (χ4n) is 2.08. The Morgan fingerprint density at radius 2 is 2.28 bits per heavy atom. The van der Waals surface area contributed by atoms with Crippen LogP contribution in [0.4, 0.5) is 4.39 Å². The summed E-state index contributed by atoms with van der Waals surface area (Å²) in [6.07, 6.45) is 4.15. The van der Waals surface area contributed by atoms with Crippen LogP contribution in [-0.2, 0) is 6.42 Å². The largest absolute Gasteiger partial charge is 0.349 e. The predicted molar refractivity (Wildman–Crippen MR) is 69.8 cm³/mol. The van der Waals surface area contributed by atoms with Crippen molar-refractivity contribution in [1.29, 1.82) is 0 Å². The predicted octanol–water partition coefficient (Wildman–Crippen LogP) is 2.75. The van der Waals surface area contributed by atoms with E-state index in [1.54, 1.807) is 25.4 Å². The molecule has 2 rings (SSSR count). The van der Waals surface area contributed by atoms with Crippen molar-refractivity contribution < 1.29 is 4.39 Å². The summed E-state index contributed by atoms with van der Waals surface area (Å²) in [5.74, 6) is 0.733. The minimum Gasteiger partial charge on any atom is -0.349 e. The maximum atomic E-state index is 14.1. The van der Waals surface area contributed by atoms with E-state index in [1.165, 1.54) is 0 Å². The highest BCUT2D eigenvalue weighted by molar-refractivity contribution is 5.28. The van der Waals surface area contributed by atoms with Crippen LogP contribution in [0.25, 0.3) is 0 Å². The van der Waals surface area contributed by atoms with Gasteiger partial charge in [-0.05, 0) is 19.0 Å². The fourth-order valence-corrected chi connectivity index (χ4v) is 2.08.